The maximum absolute atomic E-state index is 11.6. The van der Waals surface area contributed by atoms with Crippen LogP contribution in [0.3, 0.4) is 0 Å². The molecule has 5 nitrogen and oxygen atoms in total. The van der Waals surface area contributed by atoms with Gasteiger partial charge in [0.15, 0.2) is 5.78 Å². The van der Waals surface area contributed by atoms with Crippen LogP contribution in [0.25, 0.3) is 0 Å². The standard InChI is InChI=1S/C12H12ClNO4/c13-9-3-1-2-8(6-9)12(18)14-7-10(15)4-5-11(16)17/h1-3,6H,4-5,7H2,(H,14,18)(H,16,17). The molecule has 0 aliphatic rings. The Labute approximate surface area is 109 Å². The number of rotatable bonds is 6. The molecule has 6 heteroatoms. The summed E-state index contributed by atoms with van der Waals surface area (Å²) in [5.74, 6) is -1.78. The minimum atomic E-state index is -1.04. The summed E-state index contributed by atoms with van der Waals surface area (Å²) in [6, 6.07) is 6.32. The predicted molar refractivity (Wildman–Crippen MR) is 65.7 cm³/mol. The molecule has 1 rings (SSSR count). The van der Waals surface area contributed by atoms with Crippen LogP contribution >= 0.6 is 11.6 Å². The smallest absolute Gasteiger partial charge is 0.303 e. The number of carbonyl (C=O) groups is 3. The summed E-state index contributed by atoms with van der Waals surface area (Å²) in [5, 5.41) is 11.2. The molecule has 0 spiro atoms. The van der Waals surface area contributed by atoms with Crippen molar-refractivity contribution in [2.75, 3.05) is 6.54 Å². The Bertz CT molecular complexity index is 473. The van der Waals surface area contributed by atoms with Crippen LogP contribution in [0.5, 0.6) is 0 Å². The average molecular weight is 270 g/mol. The van der Waals surface area contributed by atoms with Gasteiger partial charge in [-0.15, -0.1) is 0 Å². The lowest BCUT2D eigenvalue weighted by Crippen LogP contribution is -2.29. The zero-order valence-corrected chi connectivity index (χ0v) is 10.2. The monoisotopic (exact) mass is 269 g/mol. The Balaban J connectivity index is 2.42. The fourth-order valence-electron chi connectivity index (χ4n) is 1.25. The first-order chi connectivity index (χ1) is 8.49. The van der Waals surface area contributed by atoms with Crippen molar-refractivity contribution in [2.24, 2.45) is 0 Å². The number of ketones is 1. The van der Waals surface area contributed by atoms with Gasteiger partial charge in [0.1, 0.15) is 0 Å². The number of hydrogen-bond acceptors (Lipinski definition) is 3. The highest BCUT2D eigenvalue weighted by molar-refractivity contribution is 6.30. The molecule has 0 fully saturated rings. The summed E-state index contributed by atoms with van der Waals surface area (Å²) in [6.45, 7) is -0.182. The lowest BCUT2D eigenvalue weighted by Gasteiger charge is -2.04. The normalized spacial score (nSPS) is 9.83. The number of amides is 1. The predicted octanol–water partition coefficient (Wildman–Crippen LogP) is 1.50. The number of carboxylic acid groups (broad SMARTS) is 1. The lowest BCUT2D eigenvalue weighted by molar-refractivity contribution is -0.138. The van der Waals surface area contributed by atoms with Crippen LogP contribution in [0.2, 0.25) is 5.02 Å². The molecule has 1 aromatic carbocycles. The van der Waals surface area contributed by atoms with Gasteiger partial charge in [-0.2, -0.15) is 0 Å². The Morgan fingerprint density at radius 2 is 1.94 bits per heavy atom. The molecule has 0 saturated heterocycles. The number of halogens is 1. The zero-order valence-electron chi connectivity index (χ0n) is 9.48. The van der Waals surface area contributed by atoms with E-state index in [1.807, 2.05) is 0 Å². The molecular formula is C12H12ClNO4. The number of carboxylic acids is 1. The van der Waals surface area contributed by atoms with E-state index in [2.05, 4.69) is 5.32 Å². The van der Waals surface area contributed by atoms with Gasteiger partial charge in [-0.3, -0.25) is 14.4 Å². The van der Waals surface area contributed by atoms with Gasteiger partial charge in [0.05, 0.1) is 13.0 Å². The molecule has 0 aliphatic carbocycles. The second-order valence-electron chi connectivity index (χ2n) is 3.63. The first-order valence-electron chi connectivity index (χ1n) is 5.26. The molecule has 1 amide bonds. The fourth-order valence-corrected chi connectivity index (χ4v) is 1.44. The number of Topliss-reactive ketones (excluding diaryl/α,β-unsaturated/α-hetero) is 1. The van der Waals surface area contributed by atoms with E-state index in [4.69, 9.17) is 16.7 Å². The average Bonchev–Trinajstić information content (AvgIpc) is 2.33. The second-order valence-corrected chi connectivity index (χ2v) is 4.06. The van der Waals surface area contributed by atoms with Gasteiger partial charge in [0.25, 0.3) is 5.91 Å². The Kier molecular flexibility index (Phi) is 5.32. The van der Waals surface area contributed by atoms with Crippen LogP contribution in [0.1, 0.15) is 23.2 Å². The van der Waals surface area contributed by atoms with Crippen molar-refractivity contribution in [3.63, 3.8) is 0 Å². The molecule has 2 N–H and O–H groups in total. The minimum absolute atomic E-state index is 0.0921. The molecule has 0 unspecified atom stereocenters. The van der Waals surface area contributed by atoms with E-state index in [9.17, 15) is 14.4 Å². The van der Waals surface area contributed by atoms with Gasteiger partial charge >= 0.3 is 5.97 Å². The quantitative estimate of drug-likeness (QED) is 0.820. The van der Waals surface area contributed by atoms with Crippen LogP contribution in [-0.2, 0) is 9.59 Å². The molecule has 0 atom stereocenters. The number of benzene rings is 1. The molecule has 0 bridgehead atoms. The van der Waals surface area contributed by atoms with Crippen molar-refractivity contribution >= 4 is 29.3 Å². The molecule has 1 aromatic rings. The van der Waals surface area contributed by atoms with Gasteiger partial charge in [0, 0.05) is 17.0 Å². The van der Waals surface area contributed by atoms with Crippen molar-refractivity contribution < 1.29 is 19.5 Å². The first-order valence-corrected chi connectivity index (χ1v) is 5.64. The molecule has 18 heavy (non-hydrogen) atoms. The summed E-state index contributed by atoms with van der Waals surface area (Å²) in [7, 11) is 0. The van der Waals surface area contributed by atoms with E-state index in [0.717, 1.165) is 0 Å². The van der Waals surface area contributed by atoms with E-state index in [0.29, 0.717) is 10.6 Å². The second kappa shape index (κ2) is 6.76. The molecule has 0 heterocycles. The van der Waals surface area contributed by atoms with Crippen molar-refractivity contribution in [3.05, 3.63) is 34.9 Å². The van der Waals surface area contributed by atoms with Crippen LogP contribution in [0, 0.1) is 0 Å². The largest absolute Gasteiger partial charge is 0.481 e. The topological polar surface area (TPSA) is 83.5 Å². The van der Waals surface area contributed by atoms with Gasteiger partial charge < -0.3 is 10.4 Å². The summed E-state index contributed by atoms with van der Waals surface area (Å²) in [5.41, 5.74) is 0.355. The fraction of sp³-hybridized carbons (Fsp3) is 0.250. The number of aliphatic carboxylic acids is 1. The highest BCUT2D eigenvalue weighted by atomic mass is 35.5. The third kappa shape index (κ3) is 4.97. The maximum Gasteiger partial charge on any atom is 0.303 e. The van der Waals surface area contributed by atoms with Crippen molar-refractivity contribution in [3.8, 4) is 0 Å². The maximum atomic E-state index is 11.6. The lowest BCUT2D eigenvalue weighted by atomic mass is 10.2. The van der Waals surface area contributed by atoms with Crippen LogP contribution < -0.4 is 5.32 Å². The number of hydrogen-bond donors (Lipinski definition) is 2. The molecule has 0 radical (unpaired) electrons. The van der Waals surface area contributed by atoms with Gasteiger partial charge in [0.2, 0.25) is 0 Å². The van der Waals surface area contributed by atoms with Gasteiger partial charge in [-0.25, -0.2) is 0 Å². The van der Waals surface area contributed by atoms with E-state index in [1.54, 1.807) is 18.2 Å². The van der Waals surface area contributed by atoms with Crippen LogP contribution in [0.4, 0.5) is 0 Å². The van der Waals surface area contributed by atoms with Crippen LogP contribution in [0.15, 0.2) is 24.3 Å². The van der Waals surface area contributed by atoms with E-state index in [1.165, 1.54) is 6.07 Å². The molecule has 0 saturated carbocycles. The summed E-state index contributed by atoms with van der Waals surface area (Å²) in [4.78, 5) is 33.1. The number of carbonyl (C=O) groups excluding carboxylic acids is 2. The highest BCUT2D eigenvalue weighted by Crippen LogP contribution is 2.10. The highest BCUT2D eigenvalue weighted by Gasteiger charge is 2.09. The van der Waals surface area contributed by atoms with E-state index >= 15 is 0 Å². The zero-order chi connectivity index (χ0) is 13.5. The molecule has 0 aliphatic heterocycles. The SMILES string of the molecule is O=C(O)CCC(=O)CNC(=O)c1cccc(Cl)c1. The van der Waals surface area contributed by atoms with Gasteiger partial charge in [-0.05, 0) is 18.2 Å². The van der Waals surface area contributed by atoms with Gasteiger partial charge in [-0.1, -0.05) is 17.7 Å². The minimum Gasteiger partial charge on any atom is -0.481 e. The number of nitrogens with one attached hydrogen (secondary N) is 1. The molecule has 0 aromatic heterocycles. The van der Waals surface area contributed by atoms with E-state index in [-0.39, 0.29) is 25.2 Å². The van der Waals surface area contributed by atoms with Crippen molar-refractivity contribution in [1.82, 2.24) is 5.32 Å². The Hall–Kier alpha value is -1.88. The molecular weight excluding hydrogens is 258 g/mol. The van der Waals surface area contributed by atoms with E-state index < -0.39 is 11.9 Å². The third-order valence-electron chi connectivity index (χ3n) is 2.15. The van der Waals surface area contributed by atoms with Crippen molar-refractivity contribution in [1.29, 1.82) is 0 Å². The van der Waals surface area contributed by atoms with Crippen LogP contribution in [-0.4, -0.2) is 29.3 Å². The molecule has 96 valence electrons. The first kappa shape index (κ1) is 14.2. The summed E-state index contributed by atoms with van der Waals surface area (Å²) >= 11 is 5.72. The third-order valence-corrected chi connectivity index (χ3v) is 2.39. The van der Waals surface area contributed by atoms with Crippen molar-refractivity contribution in [2.45, 2.75) is 12.8 Å². The summed E-state index contributed by atoms with van der Waals surface area (Å²) in [6.07, 6.45) is -0.322. The Morgan fingerprint density at radius 3 is 2.56 bits per heavy atom. The Morgan fingerprint density at radius 1 is 1.22 bits per heavy atom. The summed E-state index contributed by atoms with van der Waals surface area (Å²) < 4.78 is 0.